The van der Waals surface area contributed by atoms with Crippen molar-refractivity contribution in [3.05, 3.63) is 39.7 Å². The van der Waals surface area contributed by atoms with E-state index in [0.29, 0.717) is 0 Å². The Balaban J connectivity index is 3.37. The number of esters is 1. The standard InChI is InChI=1S/C12H12FNO5/c1-3-19-12(16)11(7(2)15)9-6-8(13)4-5-10(9)14(17)18/h4-6,11H,3H2,1-2H3. The summed E-state index contributed by atoms with van der Waals surface area (Å²) in [5.74, 6) is -3.83. The molecule has 0 N–H and O–H groups in total. The van der Waals surface area contributed by atoms with Crippen LogP contribution in [0.25, 0.3) is 0 Å². The number of hydrogen-bond acceptors (Lipinski definition) is 5. The van der Waals surface area contributed by atoms with E-state index in [1.54, 1.807) is 0 Å². The van der Waals surface area contributed by atoms with Gasteiger partial charge in [0.2, 0.25) is 0 Å². The average Bonchev–Trinajstić information content (AvgIpc) is 2.28. The second-order valence-electron chi connectivity index (χ2n) is 3.76. The van der Waals surface area contributed by atoms with E-state index >= 15 is 0 Å². The molecule has 0 spiro atoms. The van der Waals surface area contributed by atoms with Gasteiger partial charge in [0.15, 0.2) is 0 Å². The van der Waals surface area contributed by atoms with Crippen LogP contribution in [0, 0.1) is 15.9 Å². The van der Waals surface area contributed by atoms with Gasteiger partial charge < -0.3 is 4.74 Å². The number of Topliss-reactive ketones (excluding diaryl/α,β-unsaturated/α-hetero) is 1. The largest absolute Gasteiger partial charge is 0.465 e. The minimum Gasteiger partial charge on any atom is -0.465 e. The number of nitro benzene ring substituents is 1. The minimum atomic E-state index is -1.49. The monoisotopic (exact) mass is 269 g/mol. The number of halogens is 1. The molecule has 19 heavy (non-hydrogen) atoms. The first-order chi connectivity index (χ1) is 8.88. The number of hydrogen-bond donors (Lipinski definition) is 0. The minimum absolute atomic E-state index is 0.0196. The Bertz CT molecular complexity index is 529. The molecule has 0 saturated heterocycles. The molecule has 6 nitrogen and oxygen atoms in total. The van der Waals surface area contributed by atoms with E-state index in [2.05, 4.69) is 4.74 Å². The van der Waals surface area contributed by atoms with Crippen LogP contribution >= 0.6 is 0 Å². The number of carbonyl (C=O) groups excluding carboxylic acids is 2. The Morgan fingerprint density at radius 3 is 2.58 bits per heavy atom. The average molecular weight is 269 g/mol. The Kier molecular flexibility index (Phi) is 4.68. The van der Waals surface area contributed by atoms with Crippen molar-refractivity contribution < 1.29 is 23.6 Å². The highest BCUT2D eigenvalue weighted by atomic mass is 19.1. The highest BCUT2D eigenvalue weighted by Crippen LogP contribution is 2.29. The summed E-state index contributed by atoms with van der Waals surface area (Å²) in [5, 5.41) is 10.9. The van der Waals surface area contributed by atoms with Crippen LogP contribution in [0.1, 0.15) is 25.3 Å². The number of rotatable bonds is 5. The molecule has 0 aliphatic carbocycles. The third kappa shape index (κ3) is 3.34. The van der Waals surface area contributed by atoms with Gasteiger partial charge in [-0.15, -0.1) is 0 Å². The molecule has 1 atom stereocenters. The first-order valence-corrected chi connectivity index (χ1v) is 5.49. The summed E-state index contributed by atoms with van der Waals surface area (Å²) in [5.41, 5.74) is -0.786. The Labute approximate surface area is 108 Å². The lowest BCUT2D eigenvalue weighted by Crippen LogP contribution is -2.23. The number of ketones is 1. The molecule has 0 aromatic heterocycles. The summed E-state index contributed by atoms with van der Waals surface area (Å²) in [4.78, 5) is 33.3. The number of benzene rings is 1. The van der Waals surface area contributed by atoms with Gasteiger partial charge in [-0.1, -0.05) is 0 Å². The van der Waals surface area contributed by atoms with E-state index in [0.717, 1.165) is 25.1 Å². The predicted octanol–water partition coefficient (Wildman–Crippen LogP) is 1.97. The van der Waals surface area contributed by atoms with Crippen LogP contribution in [-0.4, -0.2) is 23.3 Å². The lowest BCUT2D eigenvalue weighted by atomic mass is 9.94. The molecule has 0 fully saturated rings. The fraction of sp³-hybridized carbons (Fsp3) is 0.333. The van der Waals surface area contributed by atoms with Gasteiger partial charge in [-0.2, -0.15) is 0 Å². The van der Waals surface area contributed by atoms with E-state index < -0.39 is 34.1 Å². The fourth-order valence-electron chi connectivity index (χ4n) is 1.66. The second kappa shape index (κ2) is 6.03. The molecule has 0 radical (unpaired) electrons. The molecule has 0 amide bonds. The molecule has 1 aromatic rings. The molecule has 0 aliphatic rings. The van der Waals surface area contributed by atoms with Crippen LogP contribution in [0.4, 0.5) is 10.1 Å². The zero-order valence-corrected chi connectivity index (χ0v) is 10.4. The van der Waals surface area contributed by atoms with Gasteiger partial charge in [-0.3, -0.25) is 19.7 Å². The Hall–Kier alpha value is -2.31. The van der Waals surface area contributed by atoms with Crippen LogP contribution in [0.3, 0.4) is 0 Å². The van der Waals surface area contributed by atoms with Gasteiger partial charge in [-0.05, 0) is 26.0 Å². The van der Waals surface area contributed by atoms with Crippen LogP contribution < -0.4 is 0 Å². The van der Waals surface area contributed by atoms with Crippen molar-refractivity contribution in [1.29, 1.82) is 0 Å². The van der Waals surface area contributed by atoms with E-state index in [4.69, 9.17) is 0 Å². The highest BCUT2D eigenvalue weighted by molar-refractivity contribution is 6.04. The third-order valence-corrected chi connectivity index (χ3v) is 2.43. The van der Waals surface area contributed by atoms with E-state index in [1.807, 2.05) is 0 Å². The fourth-order valence-corrected chi connectivity index (χ4v) is 1.66. The summed E-state index contributed by atoms with van der Waals surface area (Å²) < 4.78 is 17.9. The first kappa shape index (κ1) is 14.7. The van der Waals surface area contributed by atoms with E-state index in [-0.39, 0.29) is 12.2 Å². The molecule has 1 rings (SSSR count). The summed E-state index contributed by atoms with van der Waals surface area (Å²) in [6.07, 6.45) is 0. The van der Waals surface area contributed by atoms with Gasteiger partial charge in [0.25, 0.3) is 5.69 Å². The predicted molar refractivity (Wildman–Crippen MR) is 63.1 cm³/mol. The van der Waals surface area contributed by atoms with Crippen molar-refractivity contribution in [2.24, 2.45) is 0 Å². The molecular weight excluding hydrogens is 257 g/mol. The smallest absolute Gasteiger partial charge is 0.321 e. The third-order valence-electron chi connectivity index (χ3n) is 2.43. The molecule has 0 aliphatic heterocycles. The summed E-state index contributed by atoms with van der Waals surface area (Å²) in [6.45, 7) is 2.65. The molecule has 0 bridgehead atoms. The van der Waals surface area contributed by atoms with Crippen molar-refractivity contribution in [2.45, 2.75) is 19.8 Å². The van der Waals surface area contributed by atoms with E-state index in [1.165, 1.54) is 6.92 Å². The Morgan fingerprint density at radius 2 is 2.11 bits per heavy atom. The van der Waals surface area contributed by atoms with Crippen LogP contribution in [0.15, 0.2) is 18.2 Å². The van der Waals surface area contributed by atoms with Crippen molar-refractivity contribution >= 4 is 17.4 Å². The summed E-state index contributed by atoms with van der Waals surface area (Å²) in [6, 6.07) is 2.62. The molecule has 1 aromatic carbocycles. The van der Waals surface area contributed by atoms with Crippen molar-refractivity contribution in [3.8, 4) is 0 Å². The topological polar surface area (TPSA) is 86.5 Å². The summed E-state index contributed by atoms with van der Waals surface area (Å²) >= 11 is 0. The highest BCUT2D eigenvalue weighted by Gasteiger charge is 2.33. The van der Waals surface area contributed by atoms with Gasteiger partial charge in [-0.25, -0.2) is 4.39 Å². The van der Waals surface area contributed by atoms with Crippen LogP contribution in [-0.2, 0) is 14.3 Å². The lowest BCUT2D eigenvalue weighted by molar-refractivity contribution is -0.385. The zero-order chi connectivity index (χ0) is 14.6. The van der Waals surface area contributed by atoms with Crippen LogP contribution in [0.5, 0.6) is 0 Å². The maximum absolute atomic E-state index is 13.2. The quantitative estimate of drug-likeness (QED) is 0.353. The van der Waals surface area contributed by atoms with Gasteiger partial charge in [0.05, 0.1) is 17.1 Å². The zero-order valence-electron chi connectivity index (χ0n) is 10.4. The van der Waals surface area contributed by atoms with E-state index in [9.17, 15) is 24.1 Å². The number of nitro groups is 1. The molecular formula is C12H12FNO5. The van der Waals surface area contributed by atoms with Gasteiger partial charge in [0.1, 0.15) is 17.5 Å². The lowest BCUT2D eigenvalue weighted by Gasteiger charge is -2.13. The first-order valence-electron chi connectivity index (χ1n) is 5.49. The normalized spacial score (nSPS) is 11.7. The molecule has 102 valence electrons. The van der Waals surface area contributed by atoms with Crippen molar-refractivity contribution in [2.75, 3.05) is 6.61 Å². The van der Waals surface area contributed by atoms with Gasteiger partial charge >= 0.3 is 5.97 Å². The van der Waals surface area contributed by atoms with Crippen molar-refractivity contribution in [3.63, 3.8) is 0 Å². The summed E-state index contributed by atoms with van der Waals surface area (Å²) in [7, 11) is 0. The number of ether oxygens (including phenoxy) is 1. The second-order valence-corrected chi connectivity index (χ2v) is 3.76. The maximum atomic E-state index is 13.2. The van der Waals surface area contributed by atoms with Crippen LogP contribution in [0.2, 0.25) is 0 Å². The van der Waals surface area contributed by atoms with Crippen molar-refractivity contribution in [1.82, 2.24) is 0 Å². The molecule has 7 heteroatoms. The SMILES string of the molecule is CCOC(=O)C(C(C)=O)c1cc(F)ccc1[N+](=O)[O-]. The number of carbonyl (C=O) groups is 2. The molecule has 0 heterocycles. The van der Waals surface area contributed by atoms with Gasteiger partial charge in [0, 0.05) is 6.07 Å². The molecule has 1 unspecified atom stereocenters. The maximum Gasteiger partial charge on any atom is 0.321 e. The Morgan fingerprint density at radius 1 is 1.47 bits per heavy atom. The number of nitrogens with zero attached hydrogens (tertiary/aromatic N) is 1. The molecule has 0 saturated carbocycles.